The van der Waals surface area contributed by atoms with Crippen molar-refractivity contribution in [1.29, 1.82) is 0 Å². The summed E-state index contributed by atoms with van der Waals surface area (Å²) >= 11 is 6.80. The van der Waals surface area contributed by atoms with Crippen LogP contribution in [0, 0.1) is 11.8 Å². The Morgan fingerprint density at radius 1 is 0.396 bits per heavy atom. The maximum Gasteiger partial charge on any atom is 0.305 e. The van der Waals surface area contributed by atoms with Crippen molar-refractivity contribution in [2.45, 2.75) is 220 Å². The highest BCUT2D eigenvalue weighted by atomic mass is 79.9. The molecule has 0 saturated heterocycles. The number of alkyl halides is 2. The maximum atomic E-state index is 11.8. The van der Waals surface area contributed by atoms with E-state index in [2.05, 4.69) is 59.6 Å². The standard InChI is InChI=1S/2C21H41BrO2/c2*1-3-5-7-9-10-12-16-20(15-11-8-6-4-2)19-24-21(23)17-13-14-18-22/h2*20H,3-19H2,1-2H3. The predicted octanol–water partition coefficient (Wildman–Crippen LogP) is 14.9. The predicted molar refractivity (Wildman–Crippen MR) is 218 cm³/mol. The molecule has 0 saturated carbocycles. The molecule has 0 aromatic heterocycles. The molecule has 2 atom stereocenters. The van der Waals surface area contributed by atoms with E-state index in [0.29, 0.717) is 37.9 Å². The number of unbranched alkanes of at least 4 members (excludes halogenated alkanes) is 18. The molecule has 0 amide bonds. The molecule has 0 aliphatic rings. The van der Waals surface area contributed by atoms with Gasteiger partial charge in [0.1, 0.15) is 0 Å². The van der Waals surface area contributed by atoms with Crippen molar-refractivity contribution in [3.05, 3.63) is 0 Å². The molecule has 0 spiro atoms. The molecule has 0 bridgehead atoms. The zero-order valence-electron chi connectivity index (χ0n) is 32.6. The lowest BCUT2D eigenvalue weighted by Crippen LogP contribution is -2.14. The Kier molecular flexibility index (Phi) is 44.9. The first kappa shape index (κ1) is 50.0. The number of hydrogen-bond acceptors (Lipinski definition) is 4. The summed E-state index contributed by atoms with van der Waals surface area (Å²) < 4.78 is 11.1. The minimum atomic E-state index is -0.00236. The number of rotatable bonds is 36. The third-order valence-corrected chi connectivity index (χ3v) is 10.5. The number of carbonyl (C=O) groups excluding carboxylic acids is 2. The van der Waals surface area contributed by atoms with Gasteiger partial charge in [-0.05, 0) is 63.2 Å². The molecule has 0 heterocycles. The number of ether oxygens (including phenoxy) is 2. The number of esters is 2. The smallest absolute Gasteiger partial charge is 0.305 e. The van der Waals surface area contributed by atoms with E-state index in [-0.39, 0.29) is 11.9 Å². The highest BCUT2D eigenvalue weighted by Gasteiger charge is 2.13. The Bertz CT molecular complexity index is 591. The second-order valence-electron chi connectivity index (χ2n) is 14.2. The highest BCUT2D eigenvalue weighted by molar-refractivity contribution is 9.09. The normalized spacial score (nSPS) is 12.3. The van der Waals surface area contributed by atoms with Gasteiger partial charge in [-0.2, -0.15) is 0 Å². The van der Waals surface area contributed by atoms with Crippen LogP contribution in [0.2, 0.25) is 0 Å². The lowest BCUT2D eigenvalue weighted by Gasteiger charge is -2.17. The van der Waals surface area contributed by atoms with Crippen LogP contribution >= 0.6 is 31.9 Å². The first-order valence-electron chi connectivity index (χ1n) is 20.9. The van der Waals surface area contributed by atoms with Gasteiger partial charge in [0, 0.05) is 23.5 Å². The van der Waals surface area contributed by atoms with Gasteiger partial charge < -0.3 is 9.47 Å². The summed E-state index contributed by atoms with van der Waals surface area (Å²) in [7, 11) is 0. The molecule has 0 fully saturated rings. The van der Waals surface area contributed by atoms with Crippen LogP contribution in [0.1, 0.15) is 220 Å². The van der Waals surface area contributed by atoms with Crippen LogP contribution in [-0.2, 0) is 19.1 Å². The zero-order valence-corrected chi connectivity index (χ0v) is 35.8. The van der Waals surface area contributed by atoms with Crippen molar-refractivity contribution in [2.24, 2.45) is 11.8 Å². The minimum absolute atomic E-state index is 0.00236. The summed E-state index contributed by atoms with van der Waals surface area (Å²) in [6, 6.07) is 0. The van der Waals surface area contributed by atoms with E-state index >= 15 is 0 Å². The van der Waals surface area contributed by atoms with Crippen LogP contribution in [0.5, 0.6) is 0 Å². The third kappa shape index (κ3) is 40.3. The second kappa shape index (κ2) is 43.1. The minimum Gasteiger partial charge on any atom is -0.465 e. The first-order valence-corrected chi connectivity index (χ1v) is 23.2. The molecule has 2 unspecified atom stereocenters. The summed E-state index contributed by atoms with van der Waals surface area (Å²) in [6.45, 7) is 10.3. The summed E-state index contributed by atoms with van der Waals surface area (Å²) in [6.07, 6.45) is 36.6. The van der Waals surface area contributed by atoms with E-state index in [9.17, 15) is 9.59 Å². The molecule has 0 rings (SSSR count). The van der Waals surface area contributed by atoms with Crippen LogP contribution in [0.15, 0.2) is 0 Å². The van der Waals surface area contributed by atoms with Gasteiger partial charge in [-0.25, -0.2) is 0 Å². The van der Waals surface area contributed by atoms with Crippen molar-refractivity contribution < 1.29 is 19.1 Å². The SMILES string of the molecule is CCCCCCCCC(CCCCCC)COC(=O)CCCCBr.CCCCCCCCC(CCCCCC)COC(=O)CCCCBr. The van der Waals surface area contributed by atoms with Gasteiger partial charge in [0.05, 0.1) is 13.2 Å². The van der Waals surface area contributed by atoms with Crippen LogP contribution in [0.4, 0.5) is 0 Å². The maximum absolute atomic E-state index is 11.8. The molecule has 0 N–H and O–H groups in total. The van der Waals surface area contributed by atoms with E-state index in [4.69, 9.17) is 9.47 Å². The molecule has 0 aliphatic carbocycles. The van der Waals surface area contributed by atoms with Gasteiger partial charge in [0.25, 0.3) is 0 Å². The van der Waals surface area contributed by atoms with E-state index in [1.807, 2.05) is 0 Å². The van der Waals surface area contributed by atoms with E-state index in [1.165, 1.54) is 154 Å². The fourth-order valence-electron chi connectivity index (χ4n) is 6.06. The molecule has 0 aliphatic heterocycles. The average Bonchev–Trinajstić information content (AvgIpc) is 3.09. The van der Waals surface area contributed by atoms with Gasteiger partial charge in [-0.3, -0.25) is 9.59 Å². The lowest BCUT2D eigenvalue weighted by molar-refractivity contribution is -0.146. The van der Waals surface area contributed by atoms with Gasteiger partial charge in [-0.1, -0.05) is 188 Å². The molecule has 6 heteroatoms. The molecular weight excluding hydrogens is 728 g/mol. The van der Waals surface area contributed by atoms with Crippen LogP contribution in [0.3, 0.4) is 0 Å². The van der Waals surface area contributed by atoms with Gasteiger partial charge in [0.2, 0.25) is 0 Å². The van der Waals surface area contributed by atoms with Crippen molar-refractivity contribution in [2.75, 3.05) is 23.9 Å². The quantitative estimate of drug-likeness (QED) is 0.0359. The number of hydrogen-bond donors (Lipinski definition) is 0. The first-order chi connectivity index (χ1) is 23.5. The zero-order chi connectivity index (χ0) is 35.8. The summed E-state index contributed by atoms with van der Waals surface area (Å²) in [5.74, 6) is 1.15. The second-order valence-corrected chi connectivity index (χ2v) is 15.8. The molecule has 288 valence electrons. The van der Waals surface area contributed by atoms with E-state index < -0.39 is 0 Å². The Hall–Kier alpha value is -0.100. The Labute approximate surface area is 317 Å². The summed E-state index contributed by atoms with van der Waals surface area (Å²) in [5, 5.41) is 1.94. The van der Waals surface area contributed by atoms with Crippen molar-refractivity contribution in [1.82, 2.24) is 0 Å². The van der Waals surface area contributed by atoms with Crippen molar-refractivity contribution in [3.8, 4) is 0 Å². The van der Waals surface area contributed by atoms with Gasteiger partial charge >= 0.3 is 11.9 Å². The van der Waals surface area contributed by atoms with Crippen molar-refractivity contribution in [3.63, 3.8) is 0 Å². The molecule has 0 aromatic rings. The highest BCUT2D eigenvalue weighted by Crippen LogP contribution is 2.21. The fourth-order valence-corrected chi connectivity index (χ4v) is 6.85. The average molecular weight is 811 g/mol. The van der Waals surface area contributed by atoms with Gasteiger partial charge in [0.15, 0.2) is 0 Å². The molecule has 48 heavy (non-hydrogen) atoms. The van der Waals surface area contributed by atoms with Crippen LogP contribution < -0.4 is 0 Å². The molecular formula is C42H82Br2O4. The van der Waals surface area contributed by atoms with Crippen LogP contribution in [0.25, 0.3) is 0 Å². The largest absolute Gasteiger partial charge is 0.465 e. The van der Waals surface area contributed by atoms with E-state index in [0.717, 1.165) is 36.3 Å². The van der Waals surface area contributed by atoms with Gasteiger partial charge in [-0.15, -0.1) is 0 Å². The Morgan fingerprint density at radius 3 is 0.958 bits per heavy atom. The fraction of sp³-hybridized carbons (Fsp3) is 0.952. The summed E-state index contributed by atoms with van der Waals surface area (Å²) in [5.41, 5.74) is 0. The molecule has 0 aromatic carbocycles. The third-order valence-electron chi connectivity index (χ3n) is 9.35. The Morgan fingerprint density at radius 2 is 0.667 bits per heavy atom. The number of halogens is 2. The monoisotopic (exact) mass is 808 g/mol. The summed E-state index contributed by atoms with van der Waals surface area (Å²) in [4.78, 5) is 23.6. The Balaban J connectivity index is 0. The number of carbonyl (C=O) groups is 2. The van der Waals surface area contributed by atoms with Crippen LogP contribution in [-0.4, -0.2) is 35.8 Å². The molecule has 4 nitrogen and oxygen atoms in total. The van der Waals surface area contributed by atoms with Crippen molar-refractivity contribution >= 4 is 43.8 Å². The van der Waals surface area contributed by atoms with E-state index in [1.54, 1.807) is 0 Å². The lowest BCUT2D eigenvalue weighted by atomic mass is 9.95. The topological polar surface area (TPSA) is 52.6 Å². The molecule has 0 radical (unpaired) electrons.